The minimum atomic E-state index is 0.0401. The Balaban J connectivity index is 2.13. The van der Waals surface area contributed by atoms with Crippen molar-refractivity contribution in [2.45, 2.75) is 32.2 Å². The third-order valence-corrected chi connectivity index (χ3v) is 4.10. The molecule has 1 aliphatic rings. The van der Waals surface area contributed by atoms with Gasteiger partial charge in [0.25, 0.3) is 0 Å². The highest BCUT2D eigenvalue weighted by atomic mass is 16.1. The molecule has 0 aliphatic heterocycles. The van der Waals surface area contributed by atoms with Crippen molar-refractivity contribution in [2.24, 2.45) is 11.7 Å². The van der Waals surface area contributed by atoms with Crippen molar-refractivity contribution in [3.8, 4) is 0 Å². The molecule has 0 unspecified atom stereocenters. The molecule has 2 N–H and O–H groups in total. The Kier molecular flexibility index (Phi) is 2.71. The molecule has 0 radical (unpaired) electrons. The number of fused-ring (bicyclic) bond motifs is 1. The fourth-order valence-corrected chi connectivity index (χ4v) is 2.79. The number of hydrogen-bond donors (Lipinski definition) is 1. The van der Waals surface area contributed by atoms with Crippen molar-refractivity contribution in [3.63, 3.8) is 0 Å². The van der Waals surface area contributed by atoms with Gasteiger partial charge in [0.2, 0.25) is 5.91 Å². The van der Waals surface area contributed by atoms with E-state index in [0.717, 1.165) is 16.5 Å². The lowest BCUT2D eigenvalue weighted by Crippen LogP contribution is -2.26. The van der Waals surface area contributed by atoms with Crippen molar-refractivity contribution in [1.82, 2.24) is 4.57 Å². The Morgan fingerprint density at radius 1 is 1.39 bits per heavy atom. The third kappa shape index (κ3) is 1.66. The molecule has 0 saturated heterocycles. The molecule has 3 nitrogen and oxygen atoms in total. The van der Waals surface area contributed by atoms with Crippen LogP contribution in [0.4, 0.5) is 0 Å². The minimum Gasteiger partial charge on any atom is -0.324 e. The summed E-state index contributed by atoms with van der Waals surface area (Å²) in [5.74, 6) is 0.620. The molecule has 1 fully saturated rings. The van der Waals surface area contributed by atoms with Gasteiger partial charge in [0, 0.05) is 24.5 Å². The number of para-hydroxylation sites is 1. The standard InChI is InChI=1S/C15H18N2O/c1-10(18)17-9-13(15(16)11-5-4-6-11)12-7-2-3-8-14(12)17/h2-3,7-9,11,15H,4-6,16H2,1H3/t15-/m1/s1. The molecule has 3 heteroatoms. The number of aromatic nitrogens is 1. The van der Waals surface area contributed by atoms with E-state index >= 15 is 0 Å². The third-order valence-electron chi connectivity index (χ3n) is 4.10. The van der Waals surface area contributed by atoms with E-state index in [1.807, 2.05) is 24.4 Å². The Hall–Kier alpha value is -1.61. The lowest BCUT2D eigenvalue weighted by molar-refractivity contribution is 0.0941. The van der Waals surface area contributed by atoms with E-state index in [1.54, 1.807) is 11.5 Å². The summed E-state index contributed by atoms with van der Waals surface area (Å²) < 4.78 is 1.71. The number of carbonyl (C=O) groups is 1. The number of carbonyl (C=O) groups excluding carboxylic acids is 1. The molecular weight excluding hydrogens is 224 g/mol. The lowest BCUT2D eigenvalue weighted by Gasteiger charge is -2.31. The van der Waals surface area contributed by atoms with E-state index in [0.29, 0.717) is 5.92 Å². The highest BCUT2D eigenvalue weighted by Crippen LogP contribution is 2.38. The van der Waals surface area contributed by atoms with Gasteiger partial charge in [0.05, 0.1) is 5.52 Å². The van der Waals surface area contributed by atoms with Crippen LogP contribution in [0.2, 0.25) is 0 Å². The molecule has 94 valence electrons. The molecular formula is C15H18N2O. The van der Waals surface area contributed by atoms with Gasteiger partial charge in [-0.15, -0.1) is 0 Å². The summed E-state index contributed by atoms with van der Waals surface area (Å²) in [6.45, 7) is 1.59. The maximum atomic E-state index is 11.7. The molecule has 0 spiro atoms. The van der Waals surface area contributed by atoms with Gasteiger partial charge in [-0.05, 0) is 30.4 Å². The fourth-order valence-electron chi connectivity index (χ4n) is 2.79. The zero-order valence-corrected chi connectivity index (χ0v) is 10.6. The van der Waals surface area contributed by atoms with Crippen molar-refractivity contribution in [1.29, 1.82) is 0 Å². The predicted octanol–water partition coefficient (Wildman–Crippen LogP) is 3.10. The van der Waals surface area contributed by atoms with Crippen LogP contribution in [-0.2, 0) is 0 Å². The summed E-state index contributed by atoms with van der Waals surface area (Å²) in [6.07, 6.45) is 5.63. The highest BCUT2D eigenvalue weighted by Gasteiger charge is 2.28. The van der Waals surface area contributed by atoms with Gasteiger partial charge in [-0.25, -0.2) is 0 Å². The van der Waals surface area contributed by atoms with Gasteiger partial charge in [-0.3, -0.25) is 9.36 Å². The van der Waals surface area contributed by atoms with Crippen LogP contribution in [0.1, 0.15) is 42.6 Å². The summed E-state index contributed by atoms with van der Waals surface area (Å²) in [5, 5.41) is 1.12. The second-order valence-corrected chi connectivity index (χ2v) is 5.21. The van der Waals surface area contributed by atoms with E-state index < -0.39 is 0 Å². The first-order valence-electron chi connectivity index (χ1n) is 6.55. The number of nitrogens with two attached hydrogens (primary N) is 1. The summed E-state index contributed by atoms with van der Waals surface area (Å²) in [6, 6.07) is 8.06. The first-order valence-corrected chi connectivity index (χ1v) is 6.55. The number of benzene rings is 1. The molecule has 1 aliphatic carbocycles. The van der Waals surface area contributed by atoms with Crippen LogP contribution in [-0.4, -0.2) is 10.5 Å². The topological polar surface area (TPSA) is 48.0 Å². The largest absolute Gasteiger partial charge is 0.324 e. The number of rotatable bonds is 2. The van der Waals surface area contributed by atoms with Crippen molar-refractivity contribution < 1.29 is 4.79 Å². The van der Waals surface area contributed by atoms with Gasteiger partial charge in [-0.1, -0.05) is 24.6 Å². The SMILES string of the molecule is CC(=O)n1cc([C@H](N)C2CCC2)c2ccccc21. The van der Waals surface area contributed by atoms with E-state index in [-0.39, 0.29) is 11.9 Å². The Bertz CT molecular complexity index is 596. The predicted molar refractivity (Wildman–Crippen MR) is 72.5 cm³/mol. The van der Waals surface area contributed by atoms with E-state index in [2.05, 4.69) is 6.07 Å². The van der Waals surface area contributed by atoms with Crippen molar-refractivity contribution >= 4 is 16.8 Å². The van der Waals surface area contributed by atoms with Crippen LogP contribution < -0.4 is 5.73 Å². The zero-order chi connectivity index (χ0) is 12.7. The van der Waals surface area contributed by atoms with Gasteiger partial charge in [-0.2, -0.15) is 0 Å². The maximum absolute atomic E-state index is 11.7. The van der Waals surface area contributed by atoms with Crippen LogP contribution in [0.5, 0.6) is 0 Å². The van der Waals surface area contributed by atoms with Crippen molar-refractivity contribution in [3.05, 3.63) is 36.0 Å². The molecule has 1 atom stereocenters. The van der Waals surface area contributed by atoms with E-state index in [1.165, 1.54) is 19.3 Å². The average Bonchev–Trinajstić information content (AvgIpc) is 2.66. The number of nitrogens with zero attached hydrogens (tertiary/aromatic N) is 1. The molecule has 1 aromatic carbocycles. The molecule has 0 bridgehead atoms. The highest BCUT2D eigenvalue weighted by molar-refractivity contribution is 5.93. The van der Waals surface area contributed by atoms with E-state index in [9.17, 15) is 4.79 Å². The minimum absolute atomic E-state index is 0.0401. The fraction of sp³-hybridized carbons (Fsp3) is 0.400. The van der Waals surface area contributed by atoms with Crippen LogP contribution >= 0.6 is 0 Å². The Labute approximate surface area is 107 Å². The van der Waals surface area contributed by atoms with Gasteiger partial charge in [0.1, 0.15) is 0 Å². The summed E-state index contributed by atoms with van der Waals surface area (Å²) in [7, 11) is 0. The molecule has 1 saturated carbocycles. The number of hydrogen-bond acceptors (Lipinski definition) is 2. The Morgan fingerprint density at radius 3 is 2.72 bits per heavy atom. The first-order chi connectivity index (χ1) is 8.68. The van der Waals surface area contributed by atoms with Gasteiger partial charge in [0.15, 0.2) is 0 Å². The second-order valence-electron chi connectivity index (χ2n) is 5.21. The van der Waals surface area contributed by atoms with Crippen LogP contribution in [0, 0.1) is 5.92 Å². The molecule has 1 heterocycles. The molecule has 1 aromatic heterocycles. The summed E-state index contributed by atoms with van der Waals surface area (Å²) in [4.78, 5) is 11.7. The lowest BCUT2D eigenvalue weighted by atomic mass is 9.77. The van der Waals surface area contributed by atoms with Crippen molar-refractivity contribution in [2.75, 3.05) is 0 Å². The van der Waals surface area contributed by atoms with Gasteiger partial charge >= 0.3 is 0 Å². The Morgan fingerprint density at radius 2 is 2.11 bits per heavy atom. The maximum Gasteiger partial charge on any atom is 0.227 e. The van der Waals surface area contributed by atoms with Crippen LogP contribution in [0.25, 0.3) is 10.9 Å². The summed E-state index contributed by atoms with van der Waals surface area (Å²) in [5.41, 5.74) is 8.44. The first kappa shape index (κ1) is 11.5. The molecule has 2 aromatic rings. The normalized spacial score (nSPS) is 17.7. The smallest absolute Gasteiger partial charge is 0.227 e. The quantitative estimate of drug-likeness (QED) is 0.879. The average molecular weight is 242 g/mol. The molecule has 18 heavy (non-hydrogen) atoms. The van der Waals surface area contributed by atoms with Crippen LogP contribution in [0.3, 0.4) is 0 Å². The second kappa shape index (κ2) is 4.25. The summed E-state index contributed by atoms with van der Waals surface area (Å²) >= 11 is 0. The van der Waals surface area contributed by atoms with Gasteiger partial charge < -0.3 is 5.73 Å². The van der Waals surface area contributed by atoms with E-state index in [4.69, 9.17) is 5.73 Å². The zero-order valence-electron chi connectivity index (χ0n) is 10.6. The van der Waals surface area contributed by atoms with Crippen LogP contribution in [0.15, 0.2) is 30.5 Å². The molecule has 0 amide bonds. The monoisotopic (exact) mass is 242 g/mol. The molecule has 3 rings (SSSR count).